The maximum atomic E-state index is 12.7. The van der Waals surface area contributed by atoms with Crippen molar-refractivity contribution in [1.29, 1.82) is 0 Å². The number of fused-ring (bicyclic) bond motifs is 2. The van der Waals surface area contributed by atoms with Crippen LogP contribution in [0, 0.1) is 0 Å². The van der Waals surface area contributed by atoms with Crippen LogP contribution in [-0.2, 0) is 38.0 Å². The molecule has 0 radical (unpaired) electrons. The predicted octanol–water partition coefficient (Wildman–Crippen LogP) is 5.90. The summed E-state index contributed by atoms with van der Waals surface area (Å²) in [5, 5.41) is 25.7. The van der Waals surface area contributed by atoms with E-state index in [1.165, 1.54) is 0 Å². The molecule has 4 amide bonds. The molecule has 0 atom stereocenters. The predicted molar refractivity (Wildman–Crippen MR) is 258 cm³/mol. The summed E-state index contributed by atoms with van der Waals surface area (Å²) < 4.78 is 3.14. The van der Waals surface area contributed by atoms with Crippen LogP contribution in [0.2, 0.25) is 0 Å². The third-order valence-corrected chi connectivity index (χ3v) is 13.7. The Morgan fingerprint density at radius 1 is 0.574 bits per heavy atom. The summed E-state index contributed by atoms with van der Waals surface area (Å²) in [7, 11) is 3.90. The van der Waals surface area contributed by atoms with Crippen molar-refractivity contribution in [1.82, 2.24) is 31.2 Å². The van der Waals surface area contributed by atoms with Gasteiger partial charge in [-0.15, -0.1) is 0 Å². The zero-order valence-electron chi connectivity index (χ0n) is 36.7. The first kappa shape index (κ1) is 45.0. The number of pyridine rings is 2. The number of nitrogens with one attached hydrogen (secondary N) is 4. The lowest BCUT2D eigenvalue weighted by atomic mass is 9.88. The normalized spacial score (nSPS) is 16.4. The van der Waals surface area contributed by atoms with Gasteiger partial charge in [0.25, 0.3) is 28.6 Å². The Bertz CT molecular complexity index is 3020. The van der Waals surface area contributed by atoms with E-state index in [1.54, 1.807) is 71.6 Å². The number of thioether (sulfide) groups is 1. The smallest absolute Gasteiger partial charge is 0.270 e. The first-order valence-corrected chi connectivity index (χ1v) is 23.1. The summed E-state index contributed by atoms with van der Waals surface area (Å²) in [6.45, 7) is 1.05. The first-order valence-electron chi connectivity index (χ1n) is 21.5. The molecule has 5 aliphatic heterocycles. The largest absolute Gasteiger partial charge is 0.871 e. The molecule has 68 heavy (non-hydrogen) atoms. The monoisotopic (exact) mass is 938 g/mol. The van der Waals surface area contributed by atoms with E-state index in [2.05, 4.69) is 31.2 Å². The standard InChI is InChI=1S/C30H26N6O4.C22H16N2O2S2/c37-27-23-3-1-4-24(35-23)28(38)32-16-20-9-13-22(14-10-20)18-34-30(40)26-6-2-5-25(36-26)29(39)33-17-21-11-7-19(8-12-21)15-31-27;1-23-15-7-3-5-9-17(15)27-19(23)11-13-21(25)14(22(13)26)12-20-24(2)16-8-4-6-10-18(16)28-20/h1-14H,15-18H2,(H,31,37)(H,32,38)(H,33,39)(H,34,40);3-12H,1-2H3. The molecule has 338 valence electrons. The molecule has 7 aromatic rings. The van der Waals surface area contributed by atoms with Gasteiger partial charge in [-0.2, -0.15) is 4.57 Å². The average Bonchev–Trinajstić information content (AvgIpc) is 3.88. The minimum atomic E-state index is -0.398. The summed E-state index contributed by atoms with van der Waals surface area (Å²) >= 11 is 3.15. The number of Topliss-reactive ketones (excluding diaryl/α,β-unsaturated/α-hetero) is 1. The van der Waals surface area contributed by atoms with Gasteiger partial charge < -0.3 is 31.3 Å². The Hall–Kier alpha value is -8.21. The molecule has 0 saturated heterocycles. The van der Waals surface area contributed by atoms with Gasteiger partial charge in [-0.25, -0.2) is 9.97 Å². The highest BCUT2D eigenvalue weighted by molar-refractivity contribution is 8.03. The molecule has 8 heterocycles. The number of carbonyl (C=O) groups excluding carboxylic acids is 5. The summed E-state index contributed by atoms with van der Waals surface area (Å²) in [4.78, 5) is 75.0. The molecule has 0 saturated carbocycles. The fraction of sp³-hybridized carbons (Fsp3) is 0.115. The van der Waals surface area contributed by atoms with Crippen LogP contribution in [-0.4, -0.2) is 46.4 Å². The average molecular weight is 939 g/mol. The third-order valence-electron chi connectivity index (χ3n) is 11.3. The van der Waals surface area contributed by atoms with Crippen LogP contribution in [0.4, 0.5) is 5.69 Å². The number of anilines is 1. The second-order valence-corrected chi connectivity index (χ2v) is 18.0. The van der Waals surface area contributed by atoms with Crippen LogP contribution in [0.5, 0.6) is 0 Å². The van der Waals surface area contributed by atoms with Gasteiger partial charge >= 0.3 is 0 Å². The molecule has 3 aromatic heterocycles. The molecule has 8 bridgehead atoms. The number of aryl methyl sites for hydroxylation is 1. The topological polar surface area (TPSA) is 189 Å². The van der Waals surface area contributed by atoms with Gasteiger partial charge in [0.05, 0.1) is 10.7 Å². The van der Waals surface area contributed by atoms with E-state index in [4.69, 9.17) is 0 Å². The Labute approximate surface area is 399 Å². The van der Waals surface area contributed by atoms with Crippen LogP contribution in [0.3, 0.4) is 0 Å². The van der Waals surface area contributed by atoms with Gasteiger partial charge in [0.2, 0.25) is 5.52 Å². The van der Waals surface area contributed by atoms with Crippen LogP contribution < -0.4 is 35.8 Å². The fourth-order valence-electron chi connectivity index (χ4n) is 7.45. The maximum Gasteiger partial charge on any atom is 0.270 e. The lowest BCUT2D eigenvalue weighted by Crippen LogP contribution is -2.32. The SMILES string of the molecule is CN1/C(=C/C2=C([O-])C(=C\c3sc4ccccc4[n+]3C)/C2=O)Sc2ccccc21.O=C1NCc2ccc(cc2)CNC(=O)c2cccc(n2)C(=O)NCc2ccc(cc2)CNC(=O)c2cccc1n2. The van der Waals surface area contributed by atoms with Crippen molar-refractivity contribution < 1.29 is 33.6 Å². The highest BCUT2D eigenvalue weighted by atomic mass is 32.2. The van der Waals surface area contributed by atoms with Gasteiger partial charge in [-0.1, -0.05) is 114 Å². The number of carbonyl (C=O) groups is 5. The van der Waals surface area contributed by atoms with Crippen molar-refractivity contribution in [3.05, 3.63) is 212 Å². The molecular formula is C52H42N8O6S2. The molecule has 16 heteroatoms. The van der Waals surface area contributed by atoms with Crippen LogP contribution in [0.1, 0.15) is 69.2 Å². The molecule has 4 aromatic carbocycles. The van der Waals surface area contributed by atoms with Crippen LogP contribution >= 0.6 is 23.1 Å². The van der Waals surface area contributed by atoms with Gasteiger partial charge in [0.15, 0.2) is 5.78 Å². The number of amides is 4. The van der Waals surface area contributed by atoms with E-state index in [-0.39, 0.29) is 71.6 Å². The zero-order valence-corrected chi connectivity index (χ0v) is 38.4. The number of rotatable bonds is 2. The molecular weight excluding hydrogens is 897 g/mol. The summed E-state index contributed by atoms with van der Waals surface area (Å²) in [6, 6.07) is 40.3. The first-order chi connectivity index (χ1) is 33.0. The van der Waals surface area contributed by atoms with Gasteiger partial charge in [-0.3, -0.25) is 24.0 Å². The van der Waals surface area contributed by atoms with E-state index in [9.17, 15) is 29.1 Å². The molecule has 13 rings (SSSR count). The molecule has 1 aliphatic carbocycles. The maximum absolute atomic E-state index is 12.7. The zero-order chi connectivity index (χ0) is 47.3. The third kappa shape index (κ3) is 9.82. The van der Waals surface area contributed by atoms with Crippen LogP contribution in [0.15, 0.2) is 166 Å². The number of para-hydroxylation sites is 2. The Kier molecular flexibility index (Phi) is 13.0. The number of thiazole rings is 1. The number of benzene rings is 4. The van der Waals surface area contributed by atoms with Crippen molar-refractivity contribution in [2.75, 3.05) is 11.9 Å². The molecule has 0 spiro atoms. The van der Waals surface area contributed by atoms with Crippen molar-refractivity contribution in [2.24, 2.45) is 7.05 Å². The molecule has 4 N–H and O–H groups in total. The highest BCUT2D eigenvalue weighted by Gasteiger charge is 2.30. The number of aromatic nitrogens is 3. The Morgan fingerprint density at radius 2 is 1.01 bits per heavy atom. The number of hydrogen-bond donors (Lipinski definition) is 4. The van der Waals surface area contributed by atoms with Gasteiger partial charge in [0, 0.05) is 61.4 Å². The lowest BCUT2D eigenvalue weighted by molar-refractivity contribution is -0.642. The number of ketones is 1. The highest BCUT2D eigenvalue weighted by Crippen LogP contribution is 2.46. The van der Waals surface area contributed by atoms with Gasteiger partial charge in [-0.05, 0) is 70.8 Å². The molecule has 0 unspecified atom stereocenters. The number of allylic oxidation sites excluding steroid dienone is 3. The summed E-state index contributed by atoms with van der Waals surface area (Å²) in [6.07, 6.45) is 3.44. The van der Waals surface area contributed by atoms with Crippen molar-refractivity contribution in [3.8, 4) is 0 Å². The van der Waals surface area contributed by atoms with E-state index < -0.39 is 23.6 Å². The second-order valence-electron chi connectivity index (χ2n) is 15.9. The molecule has 14 nitrogen and oxygen atoms in total. The van der Waals surface area contributed by atoms with Gasteiger partial charge in [0.1, 0.15) is 34.5 Å². The van der Waals surface area contributed by atoms with E-state index in [0.29, 0.717) is 0 Å². The van der Waals surface area contributed by atoms with E-state index in [1.807, 2.05) is 121 Å². The van der Waals surface area contributed by atoms with Crippen LogP contribution in [0.25, 0.3) is 16.3 Å². The lowest BCUT2D eigenvalue weighted by Gasteiger charge is -2.28. The second kappa shape index (κ2) is 19.7. The summed E-state index contributed by atoms with van der Waals surface area (Å²) in [5.41, 5.74) is 6.66. The Balaban J connectivity index is 0.000000180. The fourth-order valence-corrected chi connectivity index (χ4v) is 9.64. The quantitative estimate of drug-likeness (QED) is 0.120. The number of hydrogen-bond acceptors (Lipinski definition) is 11. The minimum Gasteiger partial charge on any atom is -0.871 e. The molecule has 6 aliphatic rings. The van der Waals surface area contributed by atoms with Crippen molar-refractivity contribution in [2.45, 2.75) is 31.1 Å². The van der Waals surface area contributed by atoms with Crippen molar-refractivity contribution in [3.63, 3.8) is 0 Å². The van der Waals surface area contributed by atoms with Crippen molar-refractivity contribution >= 4 is 74.5 Å². The minimum absolute atomic E-state index is 0.137. The van der Waals surface area contributed by atoms with E-state index in [0.717, 1.165) is 53.1 Å². The molecule has 0 fully saturated rings. The number of nitrogens with zero attached hydrogens (tertiary/aromatic N) is 4. The Morgan fingerprint density at radius 3 is 1.46 bits per heavy atom. The van der Waals surface area contributed by atoms with E-state index >= 15 is 0 Å². The summed E-state index contributed by atoms with van der Waals surface area (Å²) in [5.74, 6) is -1.95.